The van der Waals surface area contributed by atoms with Gasteiger partial charge in [0.25, 0.3) is 0 Å². The first-order chi connectivity index (χ1) is 6.65. The van der Waals surface area contributed by atoms with Gasteiger partial charge in [-0.2, -0.15) is 0 Å². The van der Waals surface area contributed by atoms with E-state index < -0.39 is 18.3 Å². The molecule has 1 amide bonds. The molecule has 2 unspecified atom stereocenters. The van der Waals surface area contributed by atoms with Gasteiger partial charge in [0.05, 0.1) is 19.2 Å². The van der Waals surface area contributed by atoms with E-state index in [0.717, 1.165) is 12.8 Å². The van der Waals surface area contributed by atoms with Crippen LogP contribution in [-0.4, -0.2) is 42.9 Å². The second kappa shape index (κ2) is 5.14. The Bertz CT molecular complexity index is 191. The third-order valence-electron chi connectivity index (χ3n) is 2.27. The number of hydrogen-bond acceptors (Lipinski definition) is 3. The predicted octanol–water partition coefficient (Wildman–Crippen LogP) is 0.904. The maximum absolute atomic E-state index is 12.9. The third kappa shape index (κ3) is 2.83. The minimum absolute atomic E-state index is 0.0616. The van der Waals surface area contributed by atoms with Crippen molar-refractivity contribution in [1.82, 2.24) is 4.90 Å². The lowest BCUT2D eigenvalue weighted by Crippen LogP contribution is -2.33. The van der Waals surface area contributed by atoms with E-state index in [-0.39, 0.29) is 13.1 Å². The number of ether oxygens (including phenoxy) is 1. The molecule has 82 valence electrons. The molecule has 0 saturated carbocycles. The van der Waals surface area contributed by atoms with Gasteiger partial charge in [-0.25, -0.2) is 9.18 Å². The normalized spacial score (nSPS) is 26.6. The molecule has 4 nitrogen and oxygen atoms in total. The number of likely N-dealkylation sites (tertiary alicyclic amines) is 1. The number of carbonyl (C=O) groups excluding carboxylic acids is 1. The molecular weight excluding hydrogens is 187 g/mol. The lowest BCUT2D eigenvalue weighted by atomic mass is 10.3. The van der Waals surface area contributed by atoms with Gasteiger partial charge in [0.1, 0.15) is 6.17 Å². The fourth-order valence-electron chi connectivity index (χ4n) is 1.33. The standard InChI is InChI=1S/C9H17FN2O2/c1-2-3-4-14-9(13)12-5-7(10)8(11)6-12/h7-8H,2-6,11H2,1H3. The number of halogens is 1. The molecule has 1 saturated heterocycles. The van der Waals surface area contributed by atoms with Crippen molar-refractivity contribution in [1.29, 1.82) is 0 Å². The van der Waals surface area contributed by atoms with Gasteiger partial charge in [0.15, 0.2) is 0 Å². The summed E-state index contributed by atoms with van der Waals surface area (Å²) in [4.78, 5) is 12.6. The summed E-state index contributed by atoms with van der Waals surface area (Å²) < 4.78 is 17.9. The van der Waals surface area contributed by atoms with Gasteiger partial charge < -0.3 is 15.4 Å². The van der Waals surface area contributed by atoms with Gasteiger partial charge in [0, 0.05) is 6.54 Å². The van der Waals surface area contributed by atoms with E-state index in [1.807, 2.05) is 6.92 Å². The Kier molecular flexibility index (Phi) is 4.13. The van der Waals surface area contributed by atoms with Crippen molar-refractivity contribution >= 4 is 6.09 Å². The van der Waals surface area contributed by atoms with Crippen LogP contribution in [0.3, 0.4) is 0 Å². The van der Waals surface area contributed by atoms with E-state index in [1.54, 1.807) is 0 Å². The maximum atomic E-state index is 12.9. The van der Waals surface area contributed by atoms with Gasteiger partial charge in [-0.1, -0.05) is 13.3 Å². The van der Waals surface area contributed by atoms with Gasteiger partial charge in [-0.05, 0) is 6.42 Å². The molecule has 1 aliphatic rings. The lowest BCUT2D eigenvalue weighted by molar-refractivity contribution is 0.107. The smallest absolute Gasteiger partial charge is 0.409 e. The van der Waals surface area contributed by atoms with E-state index >= 15 is 0 Å². The first kappa shape index (κ1) is 11.2. The van der Waals surface area contributed by atoms with Gasteiger partial charge in [-0.15, -0.1) is 0 Å². The van der Waals surface area contributed by atoms with Crippen LogP contribution in [0.4, 0.5) is 9.18 Å². The van der Waals surface area contributed by atoms with Gasteiger partial charge >= 0.3 is 6.09 Å². The Morgan fingerprint density at radius 2 is 2.36 bits per heavy atom. The minimum atomic E-state index is -1.12. The van der Waals surface area contributed by atoms with Crippen LogP contribution in [0.25, 0.3) is 0 Å². The number of unbranched alkanes of at least 4 members (excludes halogenated alkanes) is 1. The number of amides is 1. The number of nitrogens with two attached hydrogens (primary N) is 1. The quantitative estimate of drug-likeness (QED) is 0.695. The predicted molar refractivity (Wildman–Crippen MR) is 50.7 cm³/mol. The van der Waals surface area contributed by atoms with E-state index in [4.69, 9.17) is 10.5 Å². The second-order valence-corrected chi connectivity index (χ2v) is 3.55. The molecule has 0 aliphatic carbocycles. The molecule has 1 aliphatic heterocycles. The van der Waals surface area contributed by atoms with Crippen molar-refractivity contribution < 1.29 is 13.9 Å². The Morgan fingerprint density at radius 3 is 2.86 bits per heavy atom. The lowest BCUT2D eigenvalue weighted by Gasteiger charge is -2.14. The summed E-state index contributed by atoms with van der Waals surface area (Å²) in [6.45, 7) is 2.73. The summed E-state index contributed by atoms with van der Waals surface area (Å²) in [5.41, 5.74) is 5.44. The van der Waals surface area contributed by atoms with Crippen molar-refractivity contribution in [2.24, 2.45) is 5.73 Å². The van der Waals surface area contributed by atoms with E-state index in [9.17, 15) is 9.18 Å². The number of carbonyl (C=O) groups is 1. The first-order valence-electron chi connectivity index (χ1n) is 4.96. The summed E-state index contributed by atoms with van der Waals surface area (Å²) >= 11 is 0. The summed E-state index contributed by atoms with van der Waals surface area (Å²) in [6, 6.07) is -0.561. The topological polar surface area (TPSA) is 55.6 Å². The van der Waals surface area contributed by atoms with E-state index in [0.29, 0.717) is 6.61 Å². The molecule has 1 rings (SSSR count). The van der Waals surface area contributed by atoms with Crippen molar-refractivity contribution in [3.63, 3.8) is 0 Å². The number of alkyl halides is 1. The van der Waals surface area contributed by atoms with Crippen molar-refractivity contribution in [2.75, 3.05) is 19.7 Å². The number of rotatable bonds is 3. The van der Waals surface area contributed by atoms with Crippen molar-refractivity contribution in [2.45, 2.75) is 32.0 Å². The fraction of sp³-hybridized carbons (Fsp3) is 0.889. The Morgan fingerprint density at radius 1 is 1.64 bits per heavy atom. The molecule has 0 bridgehead atoms. The molecule has 0 spiro atoms. The zero-order chi connectivity index (χ0) is 10.6. The Balaban J connectivity index is 2.25. The first-order valence-corrected chi connectivity index (χ1v) is 4.96. The molecule has 5 heteroatoms. The summed E-state index contributed by atoms with van der Waals surface area (Å²) in [5, 5.41) is 0. The molecular formula is C9H17FN2O2. The molecule has 0 aromatic carbocycles. The molecule has 14 heavy (non-hydrogen) atoms. The number of nitrogens with zero attached hydrogens (tertiary/aromatic N) is 1. The van der Waals surface area contributed by atoms with Crippen LogP contribution in [0, 0.1) is 0 Å². The highest BCUT2D eigenvalue weighted by molar-refractivity contribution is 5.68. The fourth-order valence-corrected chi connectivity index (χ4v) is 1.33. The molecule has 2 atom stereocenters. The molecule has 0 aromatic rings. The van der Waals surface area contributed by atoms with Crippen molar-refractivity contribution in [3.05, 3.63) is 0 Å². The monoisotopic (exact) mass is 204 g/mol. The molecule has 0 radical (unpaired) electrons. The van der Waals surface area contributed by atoms with Crippen LogP contribution in [0.15, 0.2) is 0 Å². The molecule has 1 fully saturated rings. The zero-order valence-electron chi connectivity index (χ0n) is 8.41. The largest absolute Gasteiger partial charge is 0.449 e. The zero-order valence-corrected chi connectivity index (χ0v) is 8.41. The summed E-state index contributed by atoms with van der Waals surface area (Å²) in [6.07, 6.45) is 0.242. The number of hydrogen-bond donors (Lipinski definition) is 1. The average Bonchev–Trinajstić information content (AvgIpc) is 2.47. The van der Waals surface area contributed by atoms with Crippen LogP contribution in [0.1, 0.15) is 19.8 Å². The van der Waals surface area contributed by atoms with Gasteiger partial charge in [-0.3, -0.25) is 0 Å². The Hall–Kier alpha value is -0.840. The average molecular weight is 204 g/mol. The highest BCUT2D eigenvalue weighted by Gasteiger charge is 2.33. The van der Waals surface area contributed by atoms with Crippen LogP contribution in [0.2, 0.25) is 0 Å². The van der Waals surface area contributed by atoms with Crippen LogP contribution >= 0.6 is 0 Å². The Labute approximate surface area is 83.2 Å². The SMILES string of the molecule is CCCCOC(=O)N1CC(N)C(F)C1. The van der Waals surface area contributed by atoms with Crippen LogP contribution in [0.5, 0.6) is 0 Å². The summed E-state index contributed by atoms with van der Waals surface area (Å²) in [5.74, 6) is 0. The van der Waals surface area contributed by atoms with E-state index in [1.165, 1.54) is 4.90 Å². The third-order valence-corrected chi connectivity index (χ3v) is 2.27. The molecule has 2 N–H and O–H groups in total. The second-order valence-electron chi connectivity index (χ2n) is 3.55. The molecule has 1 heterocycles. The highest BCUT2D eigenvalue weighted by Crippen LogP contribution is 2.12. The van der Waals surface area contributed by atoms with Crippen LogP contribution < -0.4 is 5.73 Å². The van der Waals surface area contributed by atoms with Crippen molar-refractivity contribution in [3.8, 4) is 0 Å². The minimum Gasteiger partial charge on any atom is -0.449 e. The summed E-state index contributed by atoms with van der Waals surface area (Å²) in [7, 11) is 0. The molecule has 0 aromatic heterocycles. The maximum Gasteiger partial charge on any atom is 0.409 e. The van der Waals surface area contributed by atoms with Gasteiger partial charge in [0.2, 0.25) is 0 Å². The van der Waals surface area contributed by atoms with Crippen LogP contribution in [-0.2, 0) is 4.74 Å². The highest BCUT2D eigenvalue weighted by atomic mass is 19.1. The van der Waals surface area contributed by atoms with E-state index in [2.05, 4.69) is 0 Å².